The first-order valence-corrected chi connectivity index (χ1v) is 12.1. The number of carbonyl (C=O) groups is 2. The summed E-state index contributed by atoms with van der Waals surface area (Å²) < 4.78 is 5.24. The van der Waals surface area contributed by atoms with Gasteiger partial charge in [-0.15, -0.1) is 37.2 Å². The summed E-state index contributed by atoms with van der Waals surface area (Å²) in [5.41, 5.74) is 2.55. The number of carboxylic acids is 1. The zero-order valence-corrected chi connectivity index (χ0v) is 23.5. The summed E-state index contributed by atoms with van der Waals surface area (Å²) in [4.78, 5) is 33.9. The Morgan fingerprint density at radius 1 is 0.921 bits per heavy atom. The van der Waals surface area contributed by atoms with Gasteiger partial charge in [0.05, 0.1) is 18.2 Å². The van der Waals surface area contributed by atoms with Crippen LogP contribution >= 0.6 is 37.2 Å². The van der Waals surface area contributed by atoms with E-state index in [9.17, 15) is 14.7 Å². The van der Waals surface area contributed by atoms with Gasteiger partial charge in [0.1, 0.15) is 11.6 Å². The van der Waals surface area contributed by atoms with Crippen molar-refractivity contribution in [2.75, 3.05) is 48.4 Å². The minimum Gasteiger partial charge on any atom is -0.497 e. The molecule has 3 aromatic rings. The number of rotatable bonds is 6. The molecular formula is C27H33Cl3N4O4. The molecule has 1 aromatic heterocycles. The van der Waals surface area contributed by atoms with Crippen LogP contribution in [0.5, 0.6) is 5.75 Å². The third-order valence-electron chi connectivity index (χ3n) is 7.06. The van der Waals surface area contributed by atoms with Gasteiger partial charge >= 0.3 is 5.97 Å². The van der Waals surface area contributed by atoms with Crippen molar-refractivity contribution in [3.05, 3.63) is 54.1 Å². The number of pyridine rings is 1. The van der Waals surface area contributed by atoms with Gasteiger partial charge in [0, 0.05) is 48.9 Å². The largest absolute Gasteiger partial charge is 0.497 e. The number of carboxylic acid groups (broad SMARTS) is 1. The van der Waals surface area contributed by atoms with Crippen molar-refractivity contribution in [1.29, 1.82) is 0 Å². The lowest BCUT2D eigenvalue weighted by molar-refractivity contribution is -0.119. The van der Waals surface area contributed by atoms with Crippen molar-refractivity contribution in [3.8, 4) is 5.75 Å². The minimum atomic E-state index is -1.00. The Morgan fingerprint density at radius 3 is 2.16 bits per heavy atom. The Kier molecular flexibility index (Phi) is 11.3. The quantitative estimate of drug-likeness (QED) is 0.387. The smallest absolute Gasteiger partial charge is 0.336 e. The number of hydrogen-bond donors (Lipinski definition) is 2. The average Bonchev–Trinajstić information content (AvgIpc) is 3.43. The Hall–Kier alpha value is -2.94. The third kappa shape index (κ3) is 6.73. The van der Waals surface area contributed by atoms with E-state index in [1.807, 2.05) is 24.3 Å². The first-order chi connectivity index (χ1) is 17.0. The van der Waals surface area contributed by atoms with Gasteiger partial charge in [-0.05, 0) is 61.4 Å². The highest BCUT2D eigenvalue weighted by Crippen LogP contribution is 2.30. The Labute approximate surface area is 241 Å². The standard InChI is InChI=1S/C27H30N4O4.3ClH/c1-35-21-9-7-20(8-10-21)30-12-14-31(15-13-30)25-17-23(27(33)34)22-16-19(6-11-24(22)29-25)28-26(32)18-4-2-3-5-18;;;/h6-11,16-18H,2-5,12-15H2,1H3,(H,28,32)(H,33,34);3*1H. The molecule has 8 nitrogen and oxygen atoms in total. The molecule has 5 rings (SSSR count). The van der Waals surface area contributed by atoms with Crippen molar-refractivity contribution in [2.45, 2.75) is 25.7 Å². The molecule has 38 heavy (non-hydrogen) atoms. The molecule has 0 spiro atoms. The Bertz CT molecular complexity index is 1250. The zero-order valence-electron chi connectivity index (χ0n) is 21.1. The number of aromatic carboxylic acids is 1. The SMILES string of the molecule is COc1ccc(N2CCN(c3cc(C(=O)O)c4cc(NC(=O)C5CCCC5)ccc4n3)CC2)cc1.Cl.Cl.Cl. The molecule has 1 aliphatic heterocycles. The van der Waals surface area contributed by atoms with Crippen LogP contribution in [0, 0.1) is 5.92 Å². The second kappa shape index (κ2) is 13.7. The van der Waals surface area contributed by atoms with Crippen LogP contribution in [-0.2, 0) is 4.79 Å². The van der Waals surface area contributed by atoms with Crippen molar-refractivity contribution < 1.29 is 19.4 Å². The van der Waals surface area contributed by atoms with Gasteiger partial charge < -0.3 is 25.0 Å². The monoisotopic (exact) mass is 582 g/mol. The van der Waals surface area contributed by atoms with Crippen LogP contribution in [0.15, 0.2) is 48.5 Å². The maximum atomic E-state index is 12.5. The number of ether oxygens (including phenoxy) is 1. The van der Waals surface area contributed by atoms with Gasteiger partial charge in [-0.3, -0.25) is 4.79 Å². The number of nitrogens with one attached hydrogen (secondary N) is 1. The molecule has 2 fully saturated rings. The molecule has 1 saturated heterocycles. The highest BCUT2D eigenvalue weighted by molar-refractivity contribution is 6.05. The number of fused-ring (bicyclic) bond motifs is 1. The number of anilines is 3. The maximum absolute atomic E-state index is 12.5. The lowest BCUT2D eigenvalue weighted by Crippen LogP contribution is -2.46. The van der Waals surface area contributed by atoms with E-state index in [0.717, 1.165) is 63.3 Å². The van der Waals surface area contributed by atoms with Crippen LogP contribution in [0.3, 0.4) is 0 Å². The predicted molar refractivity (Wildman–Crippen MR) is 158 cm³/mol. The molecular weight excluding hydrogens is 551 g/mol. The fraction of sp³-hybridized carbons (Fsp3) is 0.370. The summed E-state index contributed by atoms with van der Waals surface area (Å²) in [6.45, 7) is 3.08. The van der Waals surface area contributed by atoms with E-state index in [-0.39, 0.29) is 54.6 Å². The molecule has 1 amide bonds. The summed E-state index contributed by atoms with van der Waals surface area (Å²) in [5, 5.41) is 13.4. The number of methoxy groups -OCH3 is 1. The molecule has 0 unspecified atom stereocenters. The van der Waals surface area contributed by atoms with Gasteiger partial charge in [0.25, 0.3) is 0 Å². The number of nitrogens with zero attached hydrogens (tertiary/aromatic N) is 3. The predicted octanol–water partition coefficient (Wildman–Crippen LogP) is 5.66. The number of hydrogen-bond acceptors (Lipinski definition) is 6. The number of piperazine rings is 1. The summed E-state index contributed by atoms with van der Waals surface area (Å²) in [7, 11) is 1.66. The first-order valence-electron chi connectivity index (χ1n) is 12.1. The van der Waals surface area contributed by atoms with Gasteiger partial charge in [0.2, 0.25) is 5.91 Å². The van der Waals surface area contributed by atoms with E-state index < -0.39 is 5.97 Å². The molecule has 2 N–H and O–H groups in total. The van der Waals surface area contributed by atoms with E-state index >= 15 is 0 Å². The van der Waals surface area contributed by atoms with Gasteiger partial charge in [-0.2, -0.15) is 0 Å². The average molecular weight is 584 g/mol. The molecule has 0 bridgehead atoms. The summed E-state index contributed by atoms with van der Waals surface area (Å²) in [5.74, 6) is 0.539. The van der Waals surface area contributed by atoms with Crippen LogP contribution in [0.4, 0.5) is 17.2 Å². The molecule has 2 aromatic carbocycles. The number of carbonyl (C=O) groups excluding carboxylic acids is 1. The highest BCUT2D eigenvalue weighted by Gasteiger charge is 2.24. The molecule has 2 heterocycles. The Balaban J connectivity index is 0.00000169. The zero-order chi connectivity index (χ0) is 24.4. The fourth-order valence-electron chi connectivity index (χ4n) is 5.05. The lowest BCUT2D eigenvalue weighted by atomic mass is 10.1. The number of aromatic nitrogens is 1. The molecule has 2 aliphatic rings. The number of amides is 1. The van der Waals surface area contributed by atoms with E-state index in [1.165, 1.54) is 0 Å². The van der Waals surface area contributed by atoms with Crippen LogP contribution in [0.25, 0.3) is 10.9 Å². The molecule has 206 valence electrons. The van der Waals surface area contributed by atoms with E-state index in [2.05, 4.69) is 15.1 Å². The molecule has 11 heteroatoms. The van der Waals surface area contributed by atoms with E-state index in [4.69, 9.17) is 9.72 Å². The van der Waals surface area contributed by atoms with Crippen LogP contribution in [-0.4, -0.2) is 55.3 Å². The van der Waals surface area contributed by atoms with Crippen molar-refractivity contribution >= 4 is 77.2 Å². The topological polar surface area (TPSA) is 95.0 Å². The maximum Gasteiger partial charge on any atom is 0.336 e. The van der Waals surface area contributed by atoms with Crippen LogP contribution < -0.4 is 19.9 Å². The van der Waals surface area contributed by atoms with Crippen molar-refractivity contribution in [1.82, 2.24) is 4.98 Å². The lowest BCUT2D eigenvalue weighted by Gasteiger charge is -2.37. The van der Waals surface area contributed by atoms with Crippen LogP contribution in [0.2, 0.25) is 0 Å². The highest BCUT2D eigenvalue weighted by atomic mass is 35.5. The normalized spacial score (nSPS) is 15.2. The molecule has 0 radical (unpaired) electrons. The molecule has 0 atom stereocenters. The second-order valence-corrected chi connectivity index (χ2v) is 9.21. The van der Waals surface area contributed by atoms with Crippen molar-refractivity contribution in [2.24, 2.45) is 5.92 Å². The second-order valence-electron chi connectivity index (χ2n) is 9.21. The third-order valence-corrected chi connectivity index (χ3v) is 7.06. The number of benzene rings is 2. The minimum absolute atomic E-state index is 0. The van der Waals surface area contributed by atoms with Crippen molar-refractivity contribution in [3.63, 3.8) is 0 Å². The summed E-state index contributed by atoms with van der Waals surface area (Å²) in [6, 6.07) is 15.0. The molecule has 1 aliphatic carbocycles. The Morgan fingerprint density at radius 2 is 1.55 bits per heavy atom. The summed E-state index contributed by atoms with van der Waals surface area (Å²) in [6.07, 6.45) is 3.99. The summed E-state index contributed by atoms with van der Waals surface area (Å²) >= 11 is 0. The number of halogens is 3. The van der Waals surface area contributed by atoms with Crippen LogP contribution in [0.1, 0.15) is 36.0 Å². The van der Waals surface area contributed by atoms with Gasteiger partial charge in [0.15, 0.2) is 0 Å². The molecule has 1 saturated carbocycles. The first kappa shape index (κ1) is 31.3. The van der Waals surface area contributed by atoms with E-state index in [0.29, 0.717) is 22.4 Å². The van der Waals surface area contributed by atoms with Gasteiger partial charge in [-0.1, -0.05) is 12.8 Å². The van der Waals surface area contributed by atoms with Gasteiger partial charge in [-0.25, -0.2) is 9.78 Å². The van der Waals surface area contributed by atoms with E-state index in [1.54, 1.807) is 31.4 Å². The fourth-order valence-corrected chi connectivity index (χ4v) is 5.05.